The molecular weight excluding hydrogens is 366 g/mol. The molecule has 1 amide bonds. The molecule has 0 atom stereocenters. The van der Waals surface area contributed by atoms with Crippen LogP contribution in [0.2, 0.25) is 0 Å². The van der Waals surface area contributed by atoms with Crippen molar-refractivity contribution in [3.05, 3.63) is 29.8 Å². The van der Waals surface area contributed by atoms with Gasteiger partial charge in [0.25, 0.3) is 5.91 Å². The molecule has 1 fully saturated rings. The molecule has 0 saturated carbocycles. The summed E-state index contributed by atoms with van der Waals surface area (Å²) in [6, 6.07) is 6.93. The number of amides is 1. The van der Waals surface area contributed by atoms with Gasteiger partial charge in [-0.2, -0.15) is 4.31 Å². The van der Waals surface area contributed by atoms with Gasteiger partial charge < -0.3 is 10.1 Å². The lowest BCUT2D eigenvalue weighted by molar-refractivity contribution is 0.0730. The Labute approximate surface area is 162 Å². The SMILES string of the molecule is CC(C)N(CCNC(=O)c1ccc(S(=O)(=O)N2CCOCC2)cc1)C(C)C. The maximum Gasteiger partial charge on any atom is 0.251 e. The van der Waals surface area contributed by atoms with Crippen LogP contribution in [0.1, 0.15) is 38.1 Å². The lowest BCUT2D eigenvalue weighted by Gasteiger charge is -2.30. The lowest BCUT2D eigenvalue weighted by atomic mass is 10.2. The first-order valence-corrected chi connectivity index (χ1v) is 10.9. The minimum Gasteiger partial charge on any atom is -0.379 e. The molecule has 1 heterocycles. The molecule has 8 heteroatoms. The predicted octanol–water partition coefficient (Wildman–Crippen LogP) is 1.56. The van der Waals surface area contributed by atoms with Crippen LogP contribution in [-0.2, 0) is 14.8 Å². The third kappa shape index (κ3) is 5.75. The largest absolute Gasteiger partial charge is 0.379 e. The molecule has 1 aromatic carbocycles. The zero-order valence-electron chi connectivity index (χ0n) is 16.6. The molecule has 0 aromatic heterocycles. The lowest BCUT2D eigenvalue weighted by Crippen LogP contribution is -2.42. The topological polar surface area (TPSA) is 79.0 Å². The molecule has 0 bridgehead atoms. The molecule has 0 radical (unpaired) electrons. The first kappa shape index (κ1) is 21.8. The molecule has 1 N–H and O–H groups in total. The van der Waals surface area contributed by atoms with Crippen LogP contribution < -0.4 is 5.32 Å². The number of benzene rings is 1. The number of carbonyl (C=O) groups is 1. The van der Waals surface area contributed by atoms with Crippen LogP contribution >= 0.6 is 0 Å². The van der Waals surface area contributed by atoms with Crippen molar-refractivity contribution in [1.82, 2.24) is 14.5 Å². The smallest absolute Gasteiger partial charge is 0.251 e. The van der Waals surface area contributed by atoms with Crippen LogP contribution in [0.4, 0.5) is 0 Å². The maximum absolute atomic E-state index is 12.6. The monoisotopic (exact) mass is 397 g/mol. The standard InChI is InChI=1S/C19H31N3O4S/c1-15(2)22(16(3)4)10-9-20-19(23)17-5-7-18(8-6-17)27(24,25)21-11-13-26-14-12-21/h5-8,15-16H,9-14H2,1-4H3,(H,20,23). The van der Waals surface area contributed by atoms with Crippen molar-refractivity contribution in [2.45, 2.75) is 44.7 Å². The summed E-state index contributed by atoms with van der Waals surface area (Å²) in [6.45, 7) is 11.4. The van der Waals surface area contributed by atoms with E-state index < -0.39 is 10.0 Å². The number of ether oxygens (including phenoxy) is 1. The first-order chi connectivity index (χ1) is 12.7. The fourth-order valence-corrected chi connectivity index (χ4v) is 4.64. The molecule has 1 saturated heterocycles. The molecule has 1 aliphatic heterocycles. The summed E-state index contributed by atoms with van der Waals surface area (Å²) < 4.78 is 31.8. The highest BCUT2D eigenvalue weighted by Crippen LogP contribution is 2.17. The van der Waals surface area contributed by atoms with Gasteiger partial charge in [-0.15, -0.1) is 0 Å². The van der Waals surface area contributed by atoms with Crippen LogP contribution in [0.3, 0.4) is 0 Å². The van der Waals surface area contributed by atoms with E-state index in [0.717, 1.165) is 6.54 Å². The summed E-state index contributed by atoms with van der Waals surface area (Å²) in [5, 5.41) is 2.90. The number of morpholine rings is 1. The van der Waals surface area contributed by atoms with Crippen LogP contribution in [-0.4, -0.2) is 75.0 Å². The van der Waals surface area contributed by atoms with E-state index in [1.165, 1.54) is 16.4 Å². The van der Waals surface area contributed by atoms with E-state index in [9.17, 15) is 13.2 Å². The minimum absolute atomic E-state index is 0.196. The molecular formula is C19H31N3O4S. The zero-order valence-corrected chi connectivity index (χ0v) is 17.5. The minimum atomic E-state index is -3.54. The van der Waals surface area contributed by atoms with Gasteiger partial charge >= 0.3 is 0 Å². The first-order valence-electron chi connectivity index (χ1n) is 9.45. The fourth-order valence-electron chi connectivity index (χ4n) is 3.23. The van der Waals surface area contributed by atoms with Gasteiger partial charge in [0.2, 0.25) is 10.0 Å². The van der Waals surface area contributed by atoms with E-state index in [1.54, 1.807) is 12.1 Å². The third-order valence-corrected chi connectivity index (χ3v) is 6.62. The number of nitrogens with zero attached hydrogens (tertiary/aromatic N) is 2. The average molecular weight is 398 g/mol. The highest BCUT2D eigenvalue weighted by atomic mass is 32.2. The Morgan fingerprint density at radius 1 is 1.11 bits per heavy atom. The summed E-state index contributed by atoms with van der Waals surface area (Å²) in [6.07, 6.45) is 0. The summed E-state index contributed by atoms with van der Waals surface area (Å²) in [4.78, 5) is 14.8. The number of hydrogen-bond donors (Lipinski definition) is 1. The van der Waals surface area contributed by atoms with Crippen LogP contribution in [0, 0.1) is 0 Å². The molecule has 27 heavy (non-hydrogen) atoms. The van der Waals surface area contributed by atoms with Crippen LogP contribution in [0.15, 0.2) is 29.2 Å². The van der Waals surface area contributed by atoms with Gasteiger partial charge in [-0.25, -0.2) is 8.42 Å². The molecule has 1 aromatic rings. The van der Waals surface area contributed by atoms with Crippen LogP contribution in [0.25, 0.3) is 0 Å². The Morgan fingerprint density at radius 3 is 2.19 bits per heavy atom. The molecule has 0 spiro atoms. The van der Waals surface area contributed by atoms with E-state index in [2.05, 4.69) is 37.9 Å². The van der Waals surface area contributed by atoms with Crippen molar-refractivity contribution in [3.8, 4) is 0 Å². The van der Waals surface area contributed by atoms with Crippen molar-refractivity contribution in [2.75, 3.05) is 39.4 Å². The summed E-state index contributed by atoms with van der Waals surface area (Å²) >= 11 is 0. The Hall–Kier alpha value is -1.48. The van der Waals surface area contributed by atoms with Gasteiger partial charge in [0.15, 0.2) is 0 Å². The quantitative estimate of drug-likeness (QED) is 0.720. The summed E-state index contributed by atoms with van der Waals surface area (Å²) in [7, 11) is -3.54. The predicted molar refractivity (Wildman–Crippen MR) is 105 cm³/mol. The van der Waals surface area contributed by atoms with Crippen molar-refractivity contribution in [3.63, 3.8) is 0 Å². The normalized spacial score (nSPS) is 16.3. The van der Waals surface area contributed by atoms with Gasteiger partial charge in [0.05, 0.1) is 18.1 Å². The molecule has 152 valence electrons. The summed E-state index contributed by atoms with van der Waals surface area (Å²) in [5.74, 6) is -0.196. The van der Waals surface area contributed by atoms with E-state index in [-0.39, 0.29) is 10.8 Å². The third-order valence-electron chi connectivity index (χ3n) is 4.71. The summed E-state index contributed by atoms with van der Waals surface area (Å²) in [5.41, 5.74) is 0.455. The number of hydrogen-bond acceptors (Lipinski definition) is 5. The van der Waals surface area contributed by atoms with Gasteiger partial charge in [0, 0.05) is 43.8 Å². The van der Waals surface area contributed by atoms with E-state index in [0.29, 0.717) is 50.5 Å². The molecule has 2 rings (SSSR count). The van der Waals surface area contributed by atoms with Gasteiger partial charge in [0.1, 0.15) is 0 Å². The van der Waals surface area contributed by atoms with Crippen molar-refractivity contribution >= 4 is 15.9 Å². The van der Waals surface area contributed by atoms with Crippen molar-refractivity contribution in [1.29, 1.82) is 0 Å². The second-order valence-electron chi connectivity index (χ2n) is 7.22. The second-order valence-corrected chi connectivity index (χ2v) is 9.16. The number of sulfonamides is 1. The van der Waals surface area contributed by atoms with Gasteiger partial charge in [-0.1, -0.05) is 0 Å². The Kier molecular flexibility index (Phi) is 7.79. The fraction of sp³-hybridized carbons (Fsp3) is 0.632. The molecule has 7 nitrogen and oxygen atoms in total. The van der Waals surface area contributed by atoms with Gasteiger partial charge in [-0.3, -0.25) is 9.69 Å². The molecule has 1 aliphatic rings. The second kappa shape index (κ2) is 9.64. The molecule has 0 aliphatic carbocycles. The van der Waals surface area contributed by atoms with E-state index >= 15 is 0 Å². The zero-order chi connectivity index (χ0) is 20.0. The van der Waals surface area contributed by atoms with Crippen molar-refractivity contribution < 1.29 is 17.9 Å². The number of carbonyl (C=O) groups excluding carboxylic acids is 1. The Morgan fingerprint density at radius 2 is 1.67 bits per heavy atom. The van der Waals surface area contributed by atoms with E-state index in [4.69, 9.17) is 4.74 Å². The highest BCUT2D eigenvalue weighted by Gasteiger charge is 2.26. The van der Waals surface area contributed by atoms with Gasteiger partial charge in [-0.05, 0) is 52.0 Å². The van der Waals surface area contributed by atoms with Crippen molar-refractivity contribution in [2.24, 2.45) is 0 Å². The average Bonchev–Trinajstić information content (AvgIpc) is 2.65. The number of rotatable bonds is 8. The maximum atomic E-state index is 12.6. The molecule has 0 unspecified atom stereocenters. The number of nitrogens with one attached hydrogen (secondary N) is 1. The van der Waals surface area contributed by atoms with E-state index in [1.807, 2.05) is 0 Å². The Bertz CT molecular complexity index is 703. The Balaban J connectivity index is 1.95. The highest BCUT2D eigenvalue weighted by molar-refractivity contribution is 7.89. The van der Waals surface area contributed by atoms with Crippen LogP contribution in [0.5, 0.6) is 0 Å².